The molecule has 124 valence electrons. The number of methoxy groups -OCH3 is 1. The molecule has 1 aromatic rings. The maximum Gasteiger partial charge on any atom is 0.220 e. The van der Waals surface area contributed by atoms with Gasteiger partial charge in [-0.3, -0.25) is 4.79 Å². The van der Waals surface area contributed by atoms with Gasteiger partial charge in [0.15, 0.2) is 0 Å². The van der Waals surface area contributed by atoms with Crippen LogP contribution >= 0.6 is 28.3 Å². The average Bonchev–Trinajstić information content (AvgIpc) is 2.48. The van der Waals surface area contributed by atoms with Crippen molar-refractivity contribution in [2.45, 2.75) is 44.7 Å². The second kappa shape index (κ2) is 9.38. The van der Waals surface area contributed by atoms with Crippen molar-refractivity contribution in [1.29, 1.82) is 0 Å². The molecule has 1 aliphatic heterocycles. The van der Waals surface area contributed by atoms with Crippen molar-refractivity contribution in [3.8, 4) is 5.75 Å². The second-order valence-corrected chi connectivity index (χ2v) is 6.38. The number of carbonyl (C=O) groups excluding carboxylic acids is 1. The number of ether oxygens (including phenoxy) is 1. The quantitative estimate of drug-likeness (QED) is 0.811. The van der Waals surface area contributed by atoms with E-state index in [4.69, 9.17) is 4.74 Å². The highest BCUT2D eigenvalue weighted by atomic mass is 79.9. The molecule has 1 fully saturated rings. The first-order chi connectivity index (χ1) is 10.1. The van der Waals surface area contributed by atoms with Gasteiger partial charge in [0.1, 0.15) is 5.75 Å². The molecule has 2 atom stereocenters. The van der Waals surface area contributed by atoms with Crippen molar-refractivity contribution in [2.75, 3.05) is 13.7 Å². The number of nitrogens with one attached hydrogen (secondary N) is 2. The molecule has 0 bridgehead atoms. The Morgan fingerprint density at radius 3 is 2.91 bits per heavy atom. The normalized spacial score (nSPS) is 20.9. The minimum atomic E-state index is 0. The number of carbonyl (C=O) groups is 1. The zero-order valence-electron chi connectivity index (χ0n) is 13.0. The summed E-state index contributed by atoms with van der Waals surface area (Å²) in [6.07, 6.45) is 3.44. The number of hydrogen-bond acceptors (Lipinski definition) is 3. The van der Waals surface area contributed by atoms with Crippen LogP contribution in [0.25, 0.3) is 0 Å². The number of benzene rings is 1. The van der Waals surface area contributed by atoms with Gasteiger partial charge in [-0.2, -0.15) is 0 Å². The Bertz CT molecular complexity index is 499. The number of piperidine rings is 1. The number of halogens is 2. The van der Waals surface area contributed by atoms with Gasteiger partial charge in [-0.05, 0) is 66.4 Å². The molecule has 1 aromatic carbocycles. The summed E-state index contributed by atoms with van der Waals surface area (Å²) in [5.74, 6) is 0.938. The first kappa shape index (κ1) is 19.3. The van der Waals surface area contributed by atoms with Crippen molar-refractivity contribution in [1.82, 2.24) is 10.6 Å². The molecule has 0 spiro atoms. The first-order valence-electron chi connectivity index (χ1n) is 7.45. The van der Waals surface area contributed by atoms with Gasteiger partial charge in [0.2, 0.25) is 5.91 Å². The summed E-state index contributed by atoms with van der Waals surface area (Å²) < 4.78 is 6.13. The Hall–Kier alpha value is -0.780. The second-order valence-electron chi connectivity index (χ2n) is 5.53. The summed E-state index contributed by atoms with van der Waals surface area (Å²) >= 11 is 3.47. The van der Waals surface area contributed by atoms with Crippen LogP contribution in [0.4, 0.5) is 0 Å². The third-order valence-electron chi connectivity index (χ3n) is 3.97. The number of aryl methyl sites for hydroxylation is 1. The van der Waals surface area contributed by atoms with E-state index in [9.17, 15) is 4.79 Å². The monoisotopic (exact) mass is 390 g/mol. The number of rotatable bonds is 5. The van der Waals surface area contributed by atoms with Gasteiger partial charge in [-0.15, -0.1) is 12.4 Å². The van der Waals surface area contributed by atoms with Crippen molar-refractivity contribution in [3.05, 3.63) is 28.2 Å². The lowest BCUT2D eigenvalue weighted by molar-refractivity contribution is -0.122. The maximum absolute atomic E-state index is 12.1. The van der Waals surface area contributed by atoms with E-state index in [1.54, 1.807) is 7.11 Å². The zero-order valence-corrected chi connectivity index (χ0v) is 15.4. The summed E-state index contributed by atoms with van der Waals surface area (Å²) in [6.45, 7) is 3.18. The fourth-order valence-electron chi connectivity index (χ4n) is 2.64. The fraction of sp³-hybridized carbons (Fsp3) is 0.562. The van der Waals surface area contributed by atoms with E-state index in [-0.39, 0.29) is 24.4 Å². The highest BCUT2D eigenvalue weighted by Crippen LogP contribution is 2.25. The average molecular weight is 392 g/mol. The van der Waals surface area contributed by atoms with Crippen molar-refractivity contribution >= 4 is 34.2 Å². The summed E-state index contributed by atoms with van der Waals surface area (Å²) in [5.41, 5.74) is 1.13. The van der Waals surface area contributed by atoms with E-state index in [0.29, 0.717) is 12.5 Å². The van der Waals surface area contributed by atoms with Crippen LogP contribution in [0.15, 0.2) is 22.7 Å². The van der Waals surface area contributed by atoms with Crippen LogP contribution in [0.5, 0.6) is 5.75 Å². The van der Waals surface area contributed by atoms with Crippen LogP contribution in [0.2, 0.25) is 0 Å². The molecule has 2 N–H and O–H groups in total. The highest BCUT2D eigenvalue weighted by Gasteiger charge is 2.22. The molecule has 6 heteroatoms. The molecular formula is C16H24BrClN2O2. The van der Waals surface area contributed by atoms with Gasteiger partial charge in [0, 0.05) is 18.5 Å². The molecule has 22 heavy (non-hydrogen) atoms. The van der Waals surface area contributed by atoms with Crippen molar-refractivity contribution in [3.63, 3.8) is 0 Å². The summed E-state index contributed by atoms with van der Waals surface area (Å²) in [4.78, 5) is 12.1. The highest BCUT2D eigenvalue weighted by molar-refractivity contribution is 9.10. The Kier molecular flexibility index (Phi) is 8.21. The molecule has 0 aliphatic carbocycles. The molecule has 2 rings (SSSR count). The number of hydrogen-bond donors (Lipinski definition) is 2. The largest absolute Gasteiger partial charge is 0.496 e. The van der Waals surface area contributed by atoms with E-state index in [0.717, 1.165) is 41.6 Å². The van der Waals surface area contributed by atoms with Crippen LogP contribution < -0.4 is 15.4 Å². The molecule has 0 aromatic heterocycles. The summed E-state index contributed by atoms with van der Waals surface area (Å²) in [5, 5.41) is 6.53. The lowest BCUT2D eigenvalue weighted by Gasteiger charge is -2.30. The summed E-state index contributed by atoms with van der Waals surface area (Å²) in [7, 11) is 1.65. The smallest absolute Gasteiger partial charge is 0.220 e. The van der Waals surface area contributed by atoms with Gasteiger partial charge in [0.25, 0.3) is 0 Å². The Balaban J connectivity index is 0.00000242. The topological polar surface area (TPSA) is 50.4 Å². The van der Waals surface area contributed by atoms with E-state index in [2.05, 4.69) is 33.5 Å². The molecule has 1 amide bonds. The third kappa shape index (κ3) is 5.45. The van der Waals surface area contributed by atoms with Crippen LogP contribution in [0, 0.1) is 0 Å². The van der Waals surface area contributed by atoms with Crippen LogP contribution in [0.3, 0.4) is 0 Å². The maximum atomic E-state index is 12.1. The van der Waals surface area contributed by atoms with E-state index < -0.39 is 0 Å². The number of amides is 1. The van der Waals surface area contributed by atoms with Gasteiger partial charge in [0.05, 0.1) is 11.6 Å². The fourth-order valence-corrected chi connectivity index (χ4v) is 3.23. The third-order valence-corrected chi connectivity index (χ3v) is 4.58. The minimum absolute atomic E-state index is 0. The van der Waals surface area contributed by atoms with E-state index in [1.165, 1.54) is 0 Å². The minimum Gasteiger partial charge on any atom is -0.496 e. The standard InChI is InChI=1S/C16H23BrN2O2.ClH/c1-11-14(4-3-9-18-11)19-16(20)8-6-12-5-7-15(21-2)13(17)10-12;/h5,7,10-11,14,18H,3-4,6,8-9H2,1-2H3,(H,19,20);1H. The molecule has 2 unspecified atom stereocenters. The van der Waals surface area contributed by atoms with Gasteiger partial charge >= 0.3 is 0 Å². The van der Waals surface area contributed by atoms with Crippen molar-refractivity contribution < 1.29 is 9.53 Å². The van der Waals surface area contributed by atoms with Crippen LogP contribution in [-0.2, 0) is 11.2 Å². The lowest BCUT2D eigenvalue weighted by atomic mass is 9.99. The van der Waals surface area contributed by atoms with E-state index >= 15 is 0 Å². The lowest BCUT2D eigenvalue weighted by Crippen LogP contribution is -2.51. The first-order valence-corrected chi connectivity index (χ1v) is 8.24. The predicted octanol–water partition coefficient (Wildman–Crippen LogP) is 3.07. The molecular weight excluding hydrogens is 368 g/mol. The Labute approximate surface area is 146 Å². The summed E-state index contributed by atoms with van der Waals surface area (Å²) in [6, 6.07) is 6.55. The van der Waals surface area contributed by atoms with Gasteiger partial charge in [-0.1, -0.05) is 6.07 Å². The predicted molar refractivity (Wildman–Crippen MR) is 94.9 cm³/mol. The molecule has 1 saturated heterocycles. The molecule has 4 nitrogen and oxygen atoms in total. The van der Waals surface area contributed by atoms with Crippen molar-refractivity contribution in [2.24, 2.45) is 0 Å². The zero-order chi connectivity index (χ0) is 15.2. The van der Waals surface area contributed by atoms with E-state index in [1.807, 2.05) is 18.2 Å². The molecule has 0 saturated carbocycles. The van der Waals surface area contributed by atoms with Crippen LogP contribution in [-0.4, -0.2) is 31.6 Å². The molecule has 1 heterocycles. The molecule has 1 aliphatic rings. The van der Waals surface area contributed by atoms with Gasteiger partial charge < -0.3 is 15.4 Å². The molecule has 0 radical (unpaired) electrons. The Morgan fingerprint density at radius 2 is 2.27 bits per heavy atom. The van der Waals surface area contributed by atoms with Crippen LogP contribution in [0.1, 0.15) is 31.7 Å². The Morgan fingerprint density at radius 1 is 1.50 bits per heavy atom. The SMILES string of the molecule is COc1ccc(CCC(=O)NC2CCCNC2C)cc1Br.Cl. The van der Waals surface area contributed by atoms with Gasteiger partial charge in [-0.25, -0.2) is 0 Å².